The molecule has 0 atom stereocenters. The molecular formula is C21H21FN6O2. The van der Waals surface area contributed by atoms with Crippen molar-refractivity contribution in [1.29, 1.82) is 0 Å². The number of piperazine rings is 1. The third-order valence-corrected chi connectivity index (χ3v) is 5.42. The predicted octanol–water partition coefficient (Wildman–Crippen LogP) is 2.41. The molecule has 1 saturated heterocycles. The molecule has 0 spiro atoms. The van der Waals surface area contributed by atoms with Gasteiger partial charge >= 0.3 is 0 Å². The summed E-state index contributed by atoms with van der Waals surface area (Å²) >= 11 is 0. The zero-order valence-electron chi connectivity index (χ0n) is 16.3. The van der Waals surface area contributed by atoms with Gasteiger partial charge in [-0.1, -0.05) is 0 Å². The van der Waals surface area contributed by atoms with Gasteiger partial charge in [-0.15, -0.1) is 0 Å². The molecule has 2 N–H and O–H groups in total. The molecule has 1 aliphatic heterocycles. The van der Waals surface area contributed by atoms with Gasteiger partial charge in [-0.2, -0.15) is 0 Å². The van der Waals surface area contributed by atoms with E-state index in [0.717, 1.165) is 41.6 Å². The Morgan fingerprint density at radius 2 is 1.90 bits per heavy atom. The number of aromatic hydroxyl groups is 1. The van der Waals surface area contributed by atoms with Crippen LogP contribution in [0.15, 0.2) is 36.7 Å². The van der Waals surface area contributed by atoms with Crippen LogP contribution in [0.2, 0.25) is 0 Å². The van der Waals surface area contributed by atoms with E-state index in [2.05, 4.69) is 15.2 Å². The molecule has 0 radical (unpaired) electrons. The number of nitrogens with zero attached hydrogens (tertiary/aromatic N) is 5. The van der Waals surface area contributed by atoms with Gasteiger partial charge in [0.25, 0.3) is 5.91 Å². The van der Waals surface area contributed by atoms with Crippen molar-refractivity contribution in [2.24, 2.45) is 0 Å². The lowest BCUT2D eigenvalue weighted by atomic mass is 10.1. The smallest absolute Gasteiger partial charge is 0.257 e. The molecule has 2 aliphatic rings. The molecule has 2 fully saturated rings. The van der Waals surface area contributed by atoms with Gasteiger partial charge < -0.3 is 20.2 Å². The second kappa shape index (κ2) is 7.40. The maximum Gasteiger partial charge on any atom is 0.257 e. The van der Waals surface area contributed by atoms with Crippen molar-refractivity contribution in [2.45, 2.75) is 18.9 Å². The van der Waals surface area contributed by atoms with E-state index in [9.17, 15) is 14.3 Å². The topological polar surface area (TPSA) is 94.5 Å². The Kier molecular flexibility index (Phi) is 4.57. The lowest BCUT2D eigenvalue weighted by Gasteiger charge is -2.36. The number of benzene rings is 1. The van der Waals surface area contributed by atoms with Crippen LogP contribution in [0.1, 0.15) is 23.2 Å². The third-order valence-electron chi connectivity index (χ3n) is 5.42. The number of fused-ring (bicyclic) bond motifs is 1. The zero-order chi connectivity index (χ0) is 20.7. The number of carbonyl (C=O) groups excluding carboxylic acids is 1. The number of phenols is 1. The highest BCUT2D eigenvalue weighted by atomic mass is 19.1. The molecule has 5 rings (SSSR count). The van der Waals surface area contributed by atoms with Gasteiger partial charge in [-0.05, 0) is 31.0 Å². The minimum absolute atomic E-state index is 0.109. The van der Waals surface area contributed by atoms with E-state index < -0.39 is 5.82 Å². The first-order chi connectivity index (χ1) is 14.6. The Hall–Kier alpha value is -3.49. The highest BCUT2D eigenvalue weighted by Gasteiger charge is 2.29. The lowest BCUT2D eigenvalue weighted by Crippen LogP contribution is -2.49. The molecule has 3 aromatic rings. The summed E-state index contributed by atoms with van der Waals surface area (Å²) in [5.74, 6) is 0.295. The monoisotopic (exact) mass is 408 g/mol. The average Bonchev–Trinajstić information content (AvgIpc) is 3.57. The van der Waals surface area contributed by atoms with Crippen molar-refractivity contribution < 1.29 is 14.3 Å². The quantitative estimate of drug-likeness (QED) is 0.685. The van der Waals surface area contributed by atoms with Crippen molar-refractivity contribution in [3.8, 4) is 5.75 Å². The van der Waals surface area contributed by atoms with Crippen LogP contribution < -0.4 is 10.2 Å². The molecule has 9 heteroatoms. The molecule has 1 aromatic carbocycles. The van der Waals surface area contributed by atoms with Gasteiger partial charge in [0, 0.05) is 44.5 Å². The summed E-state index contributed by atoms with van der Waals surface area (Å²) in [6.45, 7) is 2.08. The van der Waals surface area contributed by atoms with Gasteiger partial charge in [0.2, 0.25) is 0 Å². The summed E-state index contributed by atoms with van der Waals surface area (Å²) in [5, 5.41) is 13.4. The van der Waals surface area contributed by atoms with E-state index in [4.69, 9.17) is 9.97 Å². The standard InChI is InChI=1S/C21H21FN6O2/c22-13-1-4-15(18(29)11-13)21(30)28-9-7-27(8-10-28)20-19(24-14-2-3-14)25-16-5-6-23-12-17(16)26-20/h1,4-6,11-12,14,29H,2-3,7-10H2,(H,24,25). The number of hydrogen-bond acceptors (Lipinski definition) is 7. The van der Waals surface area contributed by atoms with Crippen LogP contribution in [0.25, 0.3) is 11.0 Å². The van der Waals surface area contributed by atoms with Gasteiger partial charge in [0.15, 0.2) is 11.6 Å². The molecule has 0 unspecified atom stereocenters. The van der Waals surface area contributed by atoms with Crippen LogP contribution in [-0.4, -0.2) is 63.1 Å². The van der Waals surface area contributed by atoms with Gasteiger partial charge in [-0.3, -0.25) is 9.78 Å². The fourth-order valence-electron chi connectivity index (χ4n) is 3.61. The first kappa shape index (κ1) is 18.5. The maximum atomic E-state index is 13.2. The van der Waals surface area contributed by atoms with E-state index in [1.807, 2.05) is 6.07 Å². The number of hydrogen-bond donors (Lipinski definition) is 2. The van der Waals surface area contributed by atoms with E-state index in [-0.39, 0.29) is 17.2 Å². The van der Waals surface area contributed by atoms with Crippen LogP contribution in [0.5, 0.6) is 5.75 Å². The molecule has 2 aromatic heterocycles. The van der Waals surface area contributed by atoms with Crippen LogP contribution >= 0.6 is 0 Å². The normalized spacial score (nSPS) is 16.7. The summed E-state index contributed by atoms with van der Waals surface area (Å²) in [6, 6.07) is 5.73. The van der Waals surface area contributed by atoms with Crippen LogP contribution in [-0.2, 0) is 0 Å². The van der Waals surface area contributed by atoms with E-state index >= 15 is 0 Å². The number of aromatic nitrogens is 3. The second-order valence-electron chi connectivity index (χ2n) is 7.62. The number of phenolic OH excluding ortho intramolecular Hbond substituents is 1. The first-order valence-corrected chi connectivity index (χ1v) is 9.99. The number of rotatable bonds is 4. The number of pyridine rings is 1. The Bertz CT molecular complexity index is 1110. The molecule has 1 amide bonds. The Morgan fingerprint density at radius 1 is 1.10 bits per heavy atom. The van der Waals surface area contributed by atoms with E-state index in [0.29, 0.717) is 32.2 Å². The van der Waals surface area contributed by atoms with Crippen molar-refractivity contribution >= 4 is 28.6 Å². The molecule has 154 valence electrons. The van der Waals surface area contributed by atoms with Crippen molar-refractivity contribution in [1.82, 2.24) is 19.9 Å². The van der Waals surface area contributed by atoms with Crippen LogP contribution in [0.3, 0.4) is 0 Å². The lowest BCUT2D eigenvalue weighted by molar-refractivity contribution is 0.0743. The van der Waals surface area contributed by atoms with Gasteiger partial charge in [-0.25, -0.2) is 14.4 Å². The van der Waals surface area contributed by atoms with Crippen molar-refractivity contribution in [3.05, 3.63) is 48.0 Å². The highest BCUT2D eigenvalue weighted by molar-refractivity contribution is 5.97. The summed E-state index contributed by atoms with van der Waals surface area (Å²) < 4.78 is 13.2. The summed E-state index contributed by atoms with van der Waals surface area (Å²) in [4.78, 5) is 30.2. The molecular weight excluding hydrogens is 387 g/mol. The highest BCUT2D eigenvalue weighted by Crippen LogP contribution is 2.31. The molecule has 0 bridgehead atoms. The number of amides is 1. The maximum absolute atomic E-state index is 13.2. The second-order valence-corrected chi connectivity index (χ2v) is 7.62. The molecule has 8 nitrogen and oxygen atoms in total. The third kappa shape index (κ3) is 3.58. The molecule has 1 aliphatic carbocycles. The summed E-state index contributed by atoms with van der Waals surface area (Å²) in [6.07, 6.45) is 5.65. The number of nitrogens with one attached hydrogen (secondary N) is 1. The molecule has 1 saturated carbocycles. The van der Waals surface area contributed by atoms with Crippen LogP contribution in [0, 0.1) is 5.82 Å². The minimum Gasteiger partial charge on any atom is -0.507 e. The first-order valence-electron chi connectivity index (χ1n) is 9.99. The van der Waals surface area contributed by atoms with Crippen LogP contribution in [0.4, 0.5) is 16.0 Å². The van der Waals surface area contributed by atoms with E-state index in [1.54, 1.807) is 17.3 Å². The molecule has 3 heterocycles. The fourth-order valence-corrected chi connectivity index (χ4v) is 3.61. The Balaban J connectivity index is 1.36. The van der Waals surface area contributed by atoms with Crippen molar-refractivity contribution in [2.75, 3.05) is 36.4 Å². The minimum atomic E-state index is -0.575. The summed E-state index contributed by atoms with van der Waals surface area (Å²) in [5.41, 5.74) is 1.62. The number of anilines is 2. The fraction of sp³-hybridized carbons (Fsp3) is 0.333. The number of halogens is 1. The largest absolute Gasteiger partial charge is 0.507 e. The number of carbonyl (C=O) groups is 1. The van der Waals surface area contributed by atoms with E-state index in [1.165, 1.54) is 12.1 Å². The van der Waals surface area contributed by atoms with Gasteiger partial charge in [0.05, 0.1) is 17.3 Å². The zero-order valence-corrected chi connectivity index (χ0v) is 16.3. The Morgan fingerprint density at radius 3 is 2.63 bits per heavy atom. The van der Waals surface area contributed by atoms with Crippen molar-refractivity contribution in [3.63, 3.8) is 0 Å². The van der Waals surface area contributed by atoms with Gasteiger partial charge in [0.1, 0.15) is 17.1 Å². The SMILES string of the molecule is O=C(c1ccc(F)cc1O)N1CCN(c2nc3cnccc3nc2NC2CC2)CC1. The average molecular weight is 408 g/mol. The Labute approximate surface area is 172 Å². The summed E-state index contributed by atoms with van der Waals surface area (Å²) in [7, 11) is 0. The molecule has 30 heavy (non-hydrogen) atoms. The predicted molar refractivity (Wildman–Crippen MR) is 110 cm³/mol.